The molecule has 126 valence electrons. The molecular weight excluding hydrogens is 346 g/mol. The fourth-order valence-electron chi connectivity index (χ4n) is 2.61. The number of aromatic nitrogens is 1. The molecule has 0 bridgehead atoms. The molecule has 0 spiro atoms. The number of hydrogen-bond donors (Lipinski definition) is 1. The first-order chi connectivity index (χ1) is 11.0. The van der Waals surface area contributed by atoms with E-state index >= 15 is 0 Å². The molecule has 0 amide bonds. The number of rotatable bonds is 8. The molecule has 0 aliphatic rings. The molecule has 4 nitrogen and oxygen atoms in total. The van der Waals surface area contributed by atoms with Crippen LogP contribution in [0, 0.1) is 0 Å². The van der Waals surface area contributed by atoms with Crippen molar-refractivity contribution in [2.45, 2.75) is 49.9 Å². The van der Waals surface area contributed by atoms with Crippen LogP contribution in [0.25, 0.3) is 0 Å². The quantitative estimate of drug-likeness (QED) is 0.534. The molecule has 2 rings (SSSR count). The maximum atomic E-state index is 11.3. The normalized spacial score (nSPS) is 14.6. The minimum atomic E-state index is -1.96. The molecule has 7 heteroatoms. The molecule has 2 aromatic rings. The van der Waals surface area contributed by atoms with Gasteiger partial charge in [-0.25, -0.2) is 4.21 Å². The Morgan fingerprint density at radius 1 is 1.30 bits per heavy atom. The van der Waals surface area contributed by atoms with Crippen molar-refractivity contribution in [1.82, 2.24) is 4.98 Å². The molecule has 0 aliphatic carbocycles. The van der Waals surface area contributed by atoms with Crippen molar-refractivity contribution in [2.75, 3.05) is 0 Å². The van der Waals surface area contributed by atoms with Gasteiger partial charge in [0.1, 0.15) is 6.10 Å². The van der Waals surface area contributed by atoms with Gasteiger partial charge in [-0.1, -0.05) is 26.8 Å². The SMILES string of the molecule is CC[Si](CC)(CC)OC(c1ccccn1)c1cc(S(=O)O)cs1. The van der Waals surface area contributed by atoms with E-state index in [-0.39, 0.29) is 6.10 Å². The Balaban J connectivity index is 2.41. The standard InChI is InChI=1S/C16H23NO3S2Si/c1-4-23(5-2,6-3)20-16(14-9-7-8-10-17-14)15-11-13(12-21-15)22(18)19/h7-12,16H,4-6H2,1-3H3,(H,18,19). The first-order valence-electron chi connectivity index (χ1n) is 7.83. The summed E-state index contributed by atoms with van der Waals surface area (Å²) in [4.78, 5) is 5.82. The lowest BCUT2D eigenvalue weighted by molar-refractivity contribution is 0.229. The van der Waals surface area contributed by atoms with Gasteiger partial charge in [-0.15, -0.1) is 11.3 Å². The lowest BCUT2D eigenvalue weighted by Gasteiger charge is -2.32. The average molecular weight is 370 g/mol. The smallest absolute Gasteiger partial charge is 0.193 e. The predicted molar refractivity (Wildman–Crippen MR) is 97.7 cm³/mol. The molecule has 2 aromatic heterocycles. The Kier molecular flexibility index (Phi) is 6.67. The molecule has 0 radical (unpaired) electrons. The van der Waals surface area contributed by atoms with Gasteiger partial charge in [-0.3, -0.25) is 4.98 Å². The minimum absolute atomic E-state index is 0.259. The van der Waals surface area contributed by atoms with Crippen molar-refractivity contribution in [1.29, 1.82) is 0 Å². The summed E-state index contributed by atoms with van der Waals surface area (Å²) in [5.74, 6) is 0. The highest BCUT2D eigenvalue weighted by atomic mass is 32.2. The second-order valence-corrected chi connectivity index (χ2v) is 12.1. The van der Waals surface area contributed by atoms with Gasteiger partial charge < -0.3 is 8.98 Å². The molecule has 0 fully saturated rings. The van der Waals surface area contributed by atoms with Crippen molar-refractivity contribution in [3.8, 4) is 0 Å². The van der Waals surface area contributed by atoms with Gasteiger partial charge in [-0.05, 0) is 36.3 Å². The first kappa shape index (κ1) is 18.5. The molecule has 23 heavy (non-hydrogen) atoms. The Morgan fingerprint density at radius 2 is 2.00 bits per heavy atom. The average Bonchev–Trinajstić information content (AvgIpc) is 3.08. The second-order valence-electron chi connectivity index (χ2n) is 5.43. The van der Waals surface area contributed by atoms with Crippen LogP contribution in [0.1, 0.15) is 37.4 Å². The van der Waals surface area contributed by atoms with Crippen molar-refractivity contribution in [3.05, 3.63) is 46.4 Å². The maximum Gasteiger partial charge on any atom is 0.193 e. The molecule has 0 aliphatic heterocycles. The van der Waals surface area contributed by atoms with Crippen molar-refractivity contribution in [2.24, 2.45) is 0 Å². The zero-order valence-electron chi connectivity index (χ0n) is 13.7. The summed E-state index contributed by atoms with van der Waals surface area (Å²) in [6.07, 6.45) is 1.50. The Hall–Kier alpha value is -0.863. The van der Waals surface area contributed by atoms with E-state index in [9.17, 15) is 8.76 Å². The van der Waals surface area contributed by atoms with E-state index in [1.807, 2.05) is 18.2 Å². The van der Waals surface area contributed by atoms with Crippen molar-refractivity contribution >= 4 is 30.7 Å². The van der Waals surface area contributed by atoms with Crippen LogP contribution in [-0.4, -0.2) is 22.1 Å². The van der Waals surface area contributed by atoms with Gasteiger partial charge in [0.2, 0.25) is 0 Å². The summed E-state index contributed by atoms with van der Waals surface area (Å²) >= 11 is -0.507. The van der Waals surface area contributed by atoms with E-state index in [0.29, 0.717) is 4.90 Å². The summed E-state index contributed by atoms with van der Waals surface area (Å²) < 4.78 is 27.2. The predicted octanol–water partition coefficient (Wildman–Crippen LogP) is 4.83. The van der Waals surface area contributed by atoms with Gasteiger partial charge in [-0.2, -0.15) is 0 Å². The largest absolute Gasteiger partial charge is 0.403 e. The Bertz CT molecular complexity index is 636. The van der Waals surface area contributed by atoms with Crippen molar-refractivity contribution < 1.29 is 13.2 Å². The zero-order valence-corrected chi connectivity index (χ0v) is 16.3. The van der Waals surface area contributed by atoms with E-state index in [0.717, 1.165) is 28.7 Å². The van der Waals surface area contributed by atoms with Crippen LogP contribution in [0.15, 0.2) is 40.7 Å². The van der Waals surface area contributed by atoms with Gasteiger partial charge in [0, 0.05) is 16.5 Å². The van der Waals surface area contributed by atoms with Crippen LogP contribution >= 0.6 is 11.3 Å². The molecular formula is C16H23NO3S2Si. The maximum absolute atomic E-state index is 11.3. The Labute approximate surface area is 145 Å². The molecule has 0 aromatic carbocycles. The van der Waals surface area contributed by atoms with Crippen molar-refractivity contribution in [3.63, 3.8) is 0 Å². The summed E-state index contributed by atoms with van der Waals surface area (Å²) in [6.45, 7) is 6.58. The Morgan fingerprint density at radius 3 is 2.48 bits per heavy atom. The summed E-state index contributed by atoms with van der Waals surface area (Å²) in [6, 6.07) is 10.7. The highest BCUT2D eigenvalue weighted by Gasteiger charge is 2.34. The van der Waals surface area contributed by atoms with Crippen LogP contribution in [0.3, 0.4) is 0 Å². The third kappa shape index (κ3) is 4.36. The van der Waals surface area contributed by atoms with E-state index in [2.05, 4.69) is 25.8 Å². The van der Waals surface area contributed by atoms with Gasteiger partial charge >= 0.3 is 0 Å². The lowest BCUT2D eigenvalue weighted by atomic mass is 10.2. The zero-order chi connectivity index (χ0) is 16.9. The fraction of sp³-hybridized carbons (Fsp3) is 0.438. The van der Waals surface area contributed by atoms with Gasteiger partial charge in [0.05, 0.1) is 10.6 Å². The van der Waals surface area contributed by atoms with Crippen LogP contribution in [0.2, 0.25) is 18.1 Å². The third-order valence-corrected chi connectivity index (χ3v) is 10.7. The minimum Gasteiger partial charge on any atom is -0.403 e. The number of nitrogens with zero attached hydrogens (tertiary/aromatic N) is 1. The van der Waals surface area contributed by atoms with E-state index < -0.39 is 19.4 Å². The fourth-order valence-corrected chi connectivity index (χ4v) is 7.03. The monoisotopic (exact) mass is 369 g/mol. The first-order valence-corrected chi connectivity index (χ1v) is 12.3. The molecule has 2 unspecified atom stereocenters. The molecule has 0 saturated carbocycles. The summed E-state index contributed by atoms with van der Waals surface area (Å²) in [5.41, 5.74) is 0.858. The molecule has 0 saturated heterocycles. The molecule has 2 heterocycles. The number of hydrogen-bond acceptors (Lipinski definition) is 4. The highest BCUT2D eigenvalue weighted by Crippen LogP contribution is 2.36. The number of pyridine rings is 1. The van der Waals surface area contributed by atoms with Crippen LogP contribution in [-0.2, 0) is 15.5 Å². The highest BCUT2D eigenvalue weighted by molar-refractivity contribution is 7.79. The van der Waals surface area contributed by atoms with E-state index in [1.54, 1.807) is 17.6 Å². The summed E-state index contributed by atoms with van der Waals surface area (Å²) in [7, 11) is -1.84. The van der Waals surface area contributed by atoms with Crippen LogP contribution in [0.4, 0.5) is 0 Å². The number of thiophene rings is 1. The third-order valence-electron chi connectivity index (χ3n) is 4.31. The van der Waals surface area contributed by atoms with Gasteiger partial charge in [0.25, 0.3) is 0 Å². The van der Waals surface area contributed by atoms with E-state index in [4.69, 9.17) is 4.43 Å². The van der Waals surface area contributed by atoms with Crippen LogP contribution in [0.5, 0.6) is 0 Å². The van der Waals surface area contributed by atoms with Crippen LogP contribution < -0.4 is 0 Å². The summed E-state index contributed by atoms with van der Waals surface area (Å²) in [5, 5.41) is 1.72. The molecule has 2 atom stereocenters. The topological polar surface area (TPSA) is 59.4 Å². The van der Waals surface area contributed by atoms with E-state index in [1.165, 1.54) is 11.3 Å². The second kappa shape index (κ2) is 8.30. The lowest BCUT2D eigenvalue weighted by Crippen LogP contribution is -2.37. The molecule has 1 N–H and O–H groups in total. The van der Waals surface area contributed by atoms with Gasteiger partial charge in [0.15, 0.2) is 19.4 Å².